The van der Waals surface area contributed by atoms with Crippen LogP contribution in [0, 0.1) is 12.3 Å². The molecular weight excluding hydrogens is 266 g/mol. The number of carbonyl (C=O) groups is 1. The van der Waals surface area contributed by atoms with Gasteiger partial charge in [-0.1, -0.05) is 0 Å². The average Bonchev–Trinajstić information content (AvgIpc) is 2.45. The molecule has 0 spiro atoms. The normalized spacial score (nSPS) is 10.3. The van der Waals surface area contributed by atoms with Crippen LogP contribution in [0.5, 0.6) is 0 Å². The summed E-state index contributed by atoms with van der Waals surface area (Å²) in [4.78, 5) is 11.4. The molecule has 0 saturated carbocycles. The summed E-state index contributed by atoms with van der Waals surface area (Å²) in [6.07, 6.45) is 7.46. The fourth-order valence-electron chi connectivity index (χ4n) is 1.90. The quantitative estimate of drug-likeness (QED) is 0.311. The first kappa shape index (κ1) is 17.2. The highest BCUT2D eigenvalue weighted by Gasteiger charge is 2.03. The zero-order chi connectivity index (χ0) is 15.5. The van der Waals surface area contributed by atoms with Crippen LogP contribution in [0.2, 0.25) is 0 Å². The van der Waals surface area contributed by atoms with Crippen molar-refractivity contribution in [1.29, 1.82) is 0 Å². The van der Waals surface area contributed by atoms with Gasteiger partial charge in [0.05, 0.1) is 19.8 Å². The van der Waals surface area contributed by atoms with Crippen molar-refractivity contribution in [3.8, 4) is 12.3 Å². The molecule has 1 aromatic rings. The summed E-state index contributed by atoms with van der Waals surface area (Å²) >= 11 is 0. The summed E-state index contributed by atoms with van der Waals surface area (Å²) in [5, 5.41) is 0. The van der Waals surface area contributed by atoms with Crippen molar-refractivity contribution in [2.75, 3.05) is 32.2 Å². The van der Waals surface area contributed by atoms with Gasteiger partial charge in [0.15, 0.2) is 5.78 Å². The molecule has 2 N–H and O–H groups in total. The van der Waals surface area contributed by atoms with E-state index in [1.165, 1.54) is 0 Å². The number of rotatable bonds is 10. The first-order valence-corrected chi connectivity index (χ1v) is 7.13. The molecule has 21 heavy (non-hydrogen) atoms. The maximum Gasteiger partial charge on any atom is 0.159 e. The Bertz CT molecular complexity index is 491. The van der Waals surface area contributed by atoms with Crippen LogP contribution in [0.25, 0.3) is 0 Å². The number of hydrogen-bond donors (Lipinski definition) is 1. The van der Waals surface area contributed by atoms with Crippen LogP contribution in [0.1, 0.15) is 35.7 Å². The van der Waals surface area contributed by atoms with Crippen LogP contribution in [0.3, 0.4) is 0 Å². The lowest BCUT2D eigenvalue weighted by Crippen LogP contribution is -2.06. The maximum absolute atomic E-state index is 11.4. The van der Waals surface area contributed by atoms with Crippen molar-refractivity contribution in [3.63, 3.8) is 0 Å². The Kier molecular flexibility index (Phi) is 8.18. The molecule has 0 saturated heterocycles. The second-order valence-corrected chi connectivity index (χ2v) is 4.80. The number of ketones is 1. The Morgan fingerprint density at radius 2 is 1.90 bits per heavy atom. The predicted octanol–water partition coefficient (Wildman–Crippen LogP) is 2.46. The third kappa shape index (κ3) is 7.50. The van der Waals surface area contributed by atoms with E-state index < -0.39 is 0 Å². The SMILES string of the molecule is C#CCCOCCOCCCc1cc(N)cc(C(C)=O)c1. The van der Waals surface area contributed by atoms with Gasteiger partial charge in [0.2, 0.25) is 0 Å². The van der Waals surface area contributed by atoms with Crippen molar-refractivity contribution in [3.05, 3.63) is 29.3 Å². The fraction of sp³-hybridized carbons (Fsp3) is 0.471. The van der Waals surface area contributed by atoms with Crippen molar-refractivity contribution < 1.29 is 14.3 Å². The summed E-state index contributed by atoms with van der Waals surface area (Å²) in [6.45, 7) is 3.91. The number of hydrogen-bond acceptors (Lipinski definition) is 4. The highest BCUT2D eigenvalue weighted by atomic mass is 16.5. The zero-order valence-electron chi connectivity index (χ0n) is 12.6. The number of benzene rings is 1. The summed E-state index contributed by atoms with van der Waals surface area (Å²) in [6, 6.07) is 5.49. The summed E-state index contributed by atoms with van der Waals surface area (Å²) < 4.78 is 10.7. The number of aryl methyl sites for hydroxylation is 1. The summed E-state index contributed by atoms with van der Waals surface area (Å²) in [5.41, 5.74) is 8.14. The van der Waals surface area contributed by atoms with Gasteiger partial charge in [0.25, 0.3) is 0 Å². The summed E-state index contributed by atoms with van der Waals surface area (Å²) in [5.74, 6) is 2.55. The molecule has 1 rings (SSSR count). The minimum absolute atomic E-state index is 0.0314. The molecule has 0 radical (unpaired) electrons. The van der Waals surface area contributed by atoms with Gasteiger partial charge in [-0.3, -0.25) is 4.79 Å². The highest BCUT2D eigenvalue weighted by molar-refractivity contribution is 5.95. The minimum Gasteiger partial charge on any atom is -0.399 e. The molecule has 0 aromatic heterocycles. The van der Waals surface area contributed by atoms with Gasteiger partial charge in [-0.15, -0.1) is 12.3 Å². The van der Waals surface area contributed by atoms with Crippen LogP contribution in [-0.2, 0) is 15.9 Å². The molecule has 0 amide bonds. The number of anilines is 1. The van der Waals surface area contributed by atoms with Crippen LogP contribution in [-0.4, -0.2) is 32.2 Å². The molecule has 4 heteroatoms. The second-order valence-electron chi connectivity index (χ2n) is 4.80. The van der Waals surface area contributed by atoms with E-state index in [1.54, 1.807) is 13.0 Å². The van der Waals surface area contributed by atoms with Gasteiger partial charge >= 0.3 is 0 Å². The number of carbonyl (C=O) groups excluding carboxylic acids is 1. The Balaban J connectivity index is 2.18. The standard InChI is InChI=1S/C17H23NO3/c1-3-4-7-20-9-10-21-8-5-6-15-11-16(14(2)19)13-17(18)12-15/h1,11-13H,4-10,18H2,2H3. The van der Waals surface area contributed by atoms with Crippen molar-refractivity contribution >= 4 is 11.5 Å². The van der Waals surface area contributed by atoms with E-state index in [9.17, 15) is 4.79 Å². The molecule has 0 aliphatic carbocycles. The van der Waals surface area contributed by atoms with Crippen molar-refractivity contribution in [2.24, 2.45) is 0 Å². The number of terminal acetylenes is 1. The number of nitrogens with two attached hydrogens (primary N) is 1. The molecule has 0 atom stereocenters. The molecule has 4 nitrogen and oxygen atoms in total. The average molecular weight is 289 g/mol. The van der Waals surface area contributed by atoms with E-state index in [0.29, 0.717) is 44.1 Å². The first-order valence-electron chi connectivity index (χ1n) is 7.13. The molecule has 0 fully saturated rings. The lowest BCUT2D eigenvalue weighted by Gasteiger charge is -2.07. The topological polar surface area (TPSA) is 61.6 Å². The smallest absolute Gasteiger partial charge is 0.159 e. The Morgan fingerprint density at radius 3 is 2.57 bits per heavy atom. The molecule has 114 valence electrons. The van der Waals surface area contributed by atoms with E-state index in [1.807, 2.05) is 12.1 Å². The Labute approximate surface area is 126 Å². The van der Waals surface area contributed by atoms with E-state index in [2.05, 4.69) is 5.92 Å². The molecule has 0 bridgehead atoms. The van der Waals surface area contributed by atoms with Gasteiger partial charge < -0.3 is 15.2 Å². The number of Topliss-reactive ketones (excluding diaryl/α,β-unsaturated/α-hetero) is 1. The third-order valence-electron chi connectivity index (χ3n) is 2.94. The third-order valence-corrected chi connectivity index (χ3v) is 2.94. The minimum atomic E-state index is 0.0314. The first-order chi connectivity index (χ1) is 10.1. The molecule has 0 aliphatic rings. The van der Waals surface area contributed by atoms with E-state index in [4.69, 9.17) is 21.6 Å². The van der Waals surface area contributed by atoms with Gasteiger partial charge in [0.1, 0.15) is 0 Å². The van der Waals surface area contributed by atoms with Crippen LogP contribution in [0.4, 0.5) is 5.69 Å². The van der Waals surface area contributed by atoms with Gasteiger partial charge in [-0.2, -0.15) is 0 Å². The Morgan fingerprint density at radius 1 is 1.19 bits per heavy atom. The predicted molar refractivity (Wildman–Crippen MR) is 84.3 cm³/mol. The van der Waals surface area contributed by atoms with Crippen LogP contribution >= 0.6 is 0 Å². The lowest BCUT2D eigenvalue weighted by molar-refractivity contribution is 0.0491. The highest BCUT2D eigenvalue weighted by Crippen LogP contribution is 2.14. The number of nitrogen functional groups attached to an aromatic ring is 1. The fourth-order valence-corrected chi connectivity index (χ4v) is 1.90. The molecular formula is C17H23NO3. The van der Waals surface area contributed by atoms with E-state index in [-0.39, 0.29) is 5.78 Å². The van der Waals surface area contributed by atoms with Crippen molar-refractivity contribution in [1.82, 2.24) is 0 Å². The maximum atomic E-state index is 11.4. The molecule has 0 unspecified atom stereocenters. The van der Waals surface area contributed by atoms with E-state index >= 15 is 0 Å². The van der Waals surface area contributed by atoms with E-state index in [0.717, 1.165) is 18.4 Å². The monoisotopic (exact) mass is 289 g/mol. The lowest BCUT2D eigenvalue weighted by atomic mass is 10.0. The number of ether oxygens (including phenoxy) is 2. The van der Waals surface area contributed by atoms with Gasteiger partial charge in [0, 0.05) is 24.3 Å². The van der Waals surface area contributed by atoms with Crippen molar-refractivity contribution in [2.45, 2.75) is 26.2 Å². The Hall–Kier alpha value is -1.83. The van der Waals surface area contributed by atoms with Crippen LogP contribution in [0.15, 0.2) is 18.2 Å². The van der Waals surface area contributed by atoms with Crippen LogP contribution < -0.4 is 5.73 Å². The zero-order valence-corrected chi connectivity index (χ0v) is 12.6. The second kappa shape index (κ2) is 9.98. The largest absolute Gasteiger partial charge is 0.399 e. The molecule has 0 heterocycles. The van der Waals surface area contributed by atoms with Gasteiger partial charge in [-0.25, -0.2) is 0 Å². The summed E-state index contributed by atoms with van der Waals surface area (Å²) in [7, 11) is 0. The molecule has 0 aliphatic heterocycles. The van der Waals surface area contributed by atoms with Gasteiger partial charge in [-0.05, 0) is 43.5 Å². The molecule has 1 aromatic carbocycles.